The standard InChI is InChI=1S/C15H24N2O4S2/c1-5-8-21-14(19)17-12(10-18)13-7-6-11(22-13)9-16-23(20)15(2,3)4/h5-7,12,16,18H,1,8-10H2,2-4H3,(H,17,19)/t12-,23?/m1/s1. The summed E-state index contributed by atoms with van der Waals surface area (Å²) in [4.78, 5) is 13.3. The van der Waals surface area contributed by atoms with Crippen LogP contribution in [0.15, 0.2) is 24.8 Å². The van der Waals surface area contributed by atoms with E-state index in [1.807, 2.05) is 32.9 Å². The van der Waals surface area contributed by atoms with Crippen molar-refractivity contribution in [1.29, 1.82) is 0 Å². The van der Waals surface area contributed by atoms with E-state index in [1.165, 1.54) is 17.4 Å². The Kier molecular flexibility index (Phi) is 8.07. The molecule has 0 spiro atoms. The molecule has 1 rings (SSSR count). The van der Waals surface area contributed by atoms with Gasteiger partial charge in [0.25, 0.3) is 0 Å². The van der Waals surface area contributed by atoms with Gasteiger partial charge in [0.15, 0.2) is 0 Å². The molecule has 1 unspecified atom stereocenters. The minimum absolute atomic E-state index is 0.113. The van der Waals surface area contributed by atoms with Gasteiger partial charge in [-0.15, -0.1) is 16.1 Å². The second-order valence-electron chi connectivity index (χ2n) is 5.77. The summed E-state index contributed by atoms with van der Waals surface area (Å²) in [6, 6.07) is 3.18. The minimum Gasteiger partial charge on any atom is -0.598 e. The van der Waals surface area contributed by atoms with Crippen LogP contribution in [0.5, 0.6) is 0 Å². The SMILES string of the molecule is C=CCOC(=O)N[C@H](CO)c1ccc(CN[S+]([O-])C(C)(C)C)s1. The van der Waals surface area contributed by atoms with Crippen LogP contribution in [0.1, 0.15) is 36.6 Å². The highest BCUT2D eigenvalue weighted by atomic mass is 32.2. The molecule has 0 aliphatic heterocycles. The number of alkyl carbamates (subject to hydrolysis) is 1. The van der Waals surface area contributed by atoms with Gasteiger partial charge in [-0.25, -0.2) is 4.79 Å². The van der Waals surface area contributed by atoms with Gasteiger partial charge in [-0.05, 0) is 32.9 Å². The van der Waals surface area contributed by atoms with Crippen molar-refractivity contribution in [3.8, 4) is 0 Å². The number of ether oxygens (including phenoxy) is 1. The van der Waals surface area contributed by atoms with Crippen molar-refractivity contribution in [2.45, 2.75) is 38.1 Å². The molecule has 0 bridgehead atoms. The number of aliphatic hydroxyl groups is 1. The fraction of sp³-hybridized carbons (Fsp3) is 0.533. The Bertz CT molecular complexity index is 514. The first kappa shape index (κ1) is 20.0. The Labute approximate surface area is 144 Å². The van der Waals surface area contributed by atoms with Crippen molar-refractivity contribution in [2.24, 2.45) is 0 Å². The van der Waals surface area contributed by atoms with E-state index in [1.54, 1.807) is 0 Å². The molecule has 0 saturated heterocycles. The van der Waals surface area contributed by atoms with Crippen LogP contribution in [-0.2, 0) is 22.6 Å². The largest absolute Gasteiger partial charge is 0.598 e. The van der Waals surface area contributed by atoms with Gasteiger partial charge in [0.2, 0.25) is 0 Å². The first-order chi connectivity index (χ1) is 10.8. The van der Waals surface area contributed by atoms with E-state index in [2.05, 4.69) is 16.6 Å². The Hall–Kier alpha value is -1.06. The average Bonchev–Trinajstić information content (AvgIpc) is 2.95. The lowest BCUT2D eigenvalue weighted by Crippen LogP contribution is -2.38. The Morgan fingerprint density at radius 2 is 2.26 bits per heavy atom. The lowest BCUT2D eigenvalue weighted by Gasteiger charge is -2.23. The molecular formula is C15H24N2O4S2. The molecule has 1 aromatic rings. The zero-order valence-electron chi connectivity index (χ0n) is 13.6. The van der Waals surface area contributed by atoms with E-state index < -0.39 is 23.5 Å². The van der Waals surface area contributed by atoms with Crippen molar-refractivity contribution in [3.05, 3.63) is 34.5 Å². The average molecular weight is 361 g/mol. The fourth-order valence-electron chi connectivity index (χ4n) is 1.56. The van der Waals surface area contributed by atoms with Gasteiger partial charge in [-0.3, -0.25) is 0 Å². The summed E-state index contributed by atoms with van der Waals surface area (Å²) in [5, 5.41) is 12.0. The van der Waals surface area contributed by atoms with Crippen molar-refractivity contribution in [1.82, 2.24) is 10.0 Å². The number of carbonyl (C=O) groups excluding carboxylic acids is 1. The number of aliphatic hydroxyl groups excluding tert-OH is 1. The third-order valence-corrected chi connectivity index (χ3v) is 5.48. The van der Waals surface area contributed by atoms with Crippen molar-refractivity contribution >= 4 is 28.8 Å². The van der Waals surface area contributed by atoms with E-state index in [4.69, 9.17) is 4.74 Å². The number of hydrogen-bond donors (Lipinski definition) is 3. The van der Waals surface area contributed by atoms with Crippen molar-refractivity contribution in [3.63, 3.8) is 0 Å². The minimum atomic E-state index is -1.15. The lowest BCUT2D eigenvalue weighted by molar-refractivity contribution is 0.146. The summed E-state index contributed by atoms with van der Waals surface area (Å²) < 4.78 is 19.5. The molecule has 0 saturated carbocycles. The maximum absolute atomic E-state index is 12.0. The number of amides is 1. The summed E-state index contributed by atoms with van der Waals surface area (Å²) in [6.45, 7) is 9.51. The molecule has 0 aliphatic carbocycles. The van der Waals surface area contributed by atoms with Crippen LogP contribution >= 0.6 is 11.3 Å². The number of hydrogen-bond acceptors (Lipinski definition) is 6. The molecule has 3 N–H and O–H groups in total. The van der Waals surface area contributed by atoms with Crippen molar-refractivity contribution < 1.29 is 19.2 Å². The van der Waals surface area contributed by atoms with E-state index >= 15 is 0 Å². The van der Waals surface area contributed by atoms with Gasteiger partial charge < -0.3 is 19.7 Å². The Morgan fingerprint density at radius 3 is 2.83 bits per heavy atom. The highest BCUT2D eigenvalue weighted by Gasteiger charge is 2.26. The number of carbonyl (C=O) groups is 1. The van der Waals surface area contributed by atoms with Gasteiger partial charge in [0.1, 0.15) is 11.4 Å². The Morgan fingerprint density at radius 1 is 1.57 bits per heavy atom. The van der Waals surface area contributed by atoms with E-state index in [-0.39, 0.29) is 18.0 Å². The molecule has 0 fully saturated rings. The number of thiophene rings is 1. The van der Waals surface area contributed by atoms with Gasteiger partial charge in [0, 0.05) is 21.1 Å². The van der Waals surface area contributed by atoms with Crippen LogP contribution in [0.4, 0.5) is 4.79 Å². The van der Waals surface area contributed by atoms with Crippen LogP contribution in [-0.4, -0.2) is 33.7 Å². The van der Waals surface area contributed by atoms with E-state index in [9.17, 15) is 14.5 Å². The first-order valence-electron chi connectivity index (χ1n) is 7.17. The maximum atomic E-state index is 12.0. The first-order valence-corrected chi connectivity index (χ1v) is 9.13. The van der Waals surface area contributed by atoms with Gasteiger partial charge in [0.05, 0.1) is 19.2 Å². The zero-order valence-corrected chi connectivity index (χ0v) is 15.3. The summed E-state index contributed by atoms with van der Waals surface area (Å²) >= 11 is 0.291. The van der Waals surface area contributed by atoms with E-state index in [0.29, 0.717) is 6.54 Å². The number of nitrogens with one attached hydrogen (secondary N) is 2. The molecule has 0 radical (unpaired) electrons. The highest BCUT2D eigenvalue weighted by Crippen LogP contribution is 2.24. The molecule has 1 aromatic heterocycles. The molecule has 2 atom stereocenters. The van der Waals surface area contributed by atoms with Crippen molar-refractivity contribution in [2.75, 3.05) is 13.2 Å². The normalized spacial score (nSPS) is 14.1. The van der Waals surface area contributed by atoms with Crippen LogP contribution in [0.2, 0.25) is 0 Å². The molecule has 23 heavy (non-hydrogen) atoms. The van der Waals surface area contributed by atoms with Crippen LogP contribution in [0, 0.1) is 0 Å². The third kappa shape index (κ3) is 6.92. The summed E-state index contributed by atoms with van der Waals surface area (Å²) in [6.07, 6.45) is 0.864. The highest BCUT2D eigenvalue weighted by molar-refractivity contribution is 7.90. The van der Waals surface area contributed by atoms with Crippen LogP contribution in [0.3, 0.4) is 0 Å². The predicted octanol–water partition coefficient (Wildman–Crippen LogP) is 2.25. The summed E-state index contributed by atoms with van der Waals surface area (Å²) in [7, 11) is 0. The third-order valence-electron chi connectivity index (χ3n) is 2.77. The number of rotatable bonds is 8. The summed E-state index contributed by atoms with van der Waals surface area (Å²) in [5.41, 5.74) is 0. The molecule has 1 amide bonds. The quantitative estimate of drug-likeness (QED) is 0.488. The smallest absolute Gasteiger partial charge is 0.408 e. The zero-order chi connectivity index (χ0) is 17.5. The molecule has 6 nitrogen and oxygen atoms in total. The van der Waals surface area contributed by atoms with Gasteiger partial charge >= 0.3 is 6.09 Å². The molecule has 1 heterocycles. The van der Waals surface area contributed by atoms with Gasteiger partial charge in [-0.2, -0.15) is 0 Å². The molecule has 0 aliphatic rings. The molecule has 130 valence electrons. The van der Waals surface area contributed by atoms with Gasteiger partial charge in [-0.1, -0.05) is 12.7 Å². The monoisotopic (exact) mass is 360 g/mol. The molecular weight excluding hydrogens is 336 g/mol. The topological polar surface area (TPSA) is 93.7 Å². The fourth-order valence-corrected chi connectivity index (χ4v) is 3.36. The second-order valence-corrected chi connectivity index (χ2v) is 9.02. The Balaban J connectivity index is 2.59. The van der Waals surface area contributed by atoms with Crippen LogP contribution in [0.25, 0.3) is 0 Å². The molecule has 0 aromatic carbocycles. The van der Waals surface area contributed by atoms with Crippen LogP contribution < -0.4 is 10.0 Å². The predicted molar refractivity (Wildman–Crippen MR) is 93.6 cm³/mol. The molecule has 8 heteroatoms. The summed E-state index contributed by atoms with van der Waals surface area (Å²) in [5.74, 6) is 0. The maximum Gasteiger partial charge on any atom is 0.408 e. The van der Waals surface area contributed by atoms with E-state index in [0.717, 1.165) is 9.75 Å². The lowest BCUT2D eigenvalue weighted by atomic mass is 10.2. The second kappa shape index (κ2) is 9.29.